The highest BCUT2D eigenvalue weighted by molar-refractivity contribution is 5.92. The number of H-pyrrole nitrogens is 1. The minimum atomic E-state index is -0.246. The van der Waals surface area contributed by atoms with Gasteiger partial charge < -0.3 is 10.3 Å². The van der Waals surface area contributed by atoms with Crippen LogP contribution < -0.4 is 10.9 Å². The minimum absolute atomic E-state index is 0.203. The van der Waals surface area contributed by atoms with Crippen LogP contribution >= 0.6 is 0 Å². The van der Waals surface area contributed by atoms with Gasteiger partial charge in [-0.1, -0.05) is 57.9 Å². The lowest BCUT2D eigenvalue weighted by molar-refractivity contribution is 0.0947. The van der Waals surface area contributed by atoms with Crippen molar-refractivity contribution in [2.45, 2.75) is 58.3 Å². The first-order chi connectivity index (χ1) is 9.74. The Kier molecular flexibility index (Phi) is 8.43. The Morgan fingerprint density at radius 1 is 1.05 bits per heavy atom. The summed E-state index contributed by atoms with van der Waals surface area (Å²) in [7, 11) is 0. The molecule has 1 aromatic rings. The van der Waals surface area contributed by atoms with Gasteiger partial charge in [0.1, 0.15) is 5.69 Å². The van der Waals surface area contributed by atoms with E-state index in [0.717, 1.165) is 12.8 Å². The van der Waals surface area contributed by atoms with E-state index in [-0.39, 0.29) is 11.5 Å². The Labute approximate surface area is 121 Å². The Morgan fingerprint density at radius 3 is 2.35 bits per heavy atom. The van der Waals surface area contributed by atoms with Crippen molar-refractivity contribution in [2.24, 2.45) is 0 Å². The maximum atomic E-state index is 11.7. The molecule has 1 amide bonds. The molecule has 1 heterocycles. The van der Waals surface area contributed by atoms with Gasteiger partial charge in [0.05, 0.1) is 0 Å². The molecule has 0 saturated heterocycles. The molecule has 0 fully saturated rings. The predicted octanol–water partition coefficient (Wildman–Crippen LogP) is 3.25. The predicted molar refractivity (Wildman–Crippen MR) is 82.0 cm³/mol. The molecule has 1 aromatic heterocycles. The zero-order chi connectivity index (χ0) is 14.6. The van der Waals surface area contributed by atoms with Crippen LogP contribution in [0.1, 0.15) is 68.8 Å². The summed E-state index contributed by atoms with van der Waals surface area (Å²) in [5, 5.41) is 2.83. The Hall–Kier alpha value is -1.58. The van der Waals surface area contributed by atoms with Crippen LogP contribution in [0.25, 0.3) is 0 Å². The largest absolute Gasteiger partial charge is 0.351 e. The topological polar surface area (TPSA) is 62.0 Å². The minimum Gasteiger partial charge on any atom is -0.351 e. The normalized spacial score (nSPS) is 10.4. The van der Waals surface area contributed by atoms with Crippen LogP contribution in [0, 0.1) is 0 Å². The molecule has 0 aliphatic carbocycles. The fourth-order valence-corrected chi connectivity index (χ4v) is 2.14. The van der Waals surface area contributed by atoms with Gasteiger partial charge in [0.15, 0.2) is 0 Å². The van der Waals surface area contributed by atoms with Gasteiger partial charge in [-0.25, -0.2) is 0 Å². The van der Waals surface area contributed by atoms with E-state index in [1.165, 1.54) is 44.6 Å². The Balaban J connectivity index is 2.04. The van der Waals surface area contributed by atoms with Crippen molar-refractivity contribution in [1.82, 2.24) is 10.3 Å². The average Bonchev–Trinajstić information content (AvgIpc) is 2.45. The Bertz CT molecular complexity index is 440. The van der Waals surface area contributed by atoms with Gasteiger partial charge in [-0.15, -0.1) is 0 Å². The second kappa shape index (κ2) is 10.2. The van der Waals surface area contributed by atoms with Crippen LogP contribution in [0.15, 0.2) is 23.0 Å². The van der Waals surface area contributed by atoms with Gasteiger partial charge >= 0.3 is 0 Å². The highest BCUT2D eigenvalue weighted by atomic mass is 16.2. The molecule has 0 spiro atoms. The lowest BCUT2D eigenvalue weighted by atomic mass is 10.1. The van der Waals surface area contributed by atoms with Crippen molar-refractivity contribution in [3.05, 3.63) is 34.2 Å². The van der Waals surface area contributed by atoms with E-state index >= 15 is 0 Å². The van der Waals surface area contributed by atoms with Gasteiger partial charge in [-0.2, -0.15) is 0 Å². The van der Waals surface area contributed by atoms with Gasteiger partial charge in [0.2, 0.25) is 5.56 Å². The molecule has 2 N–H and O–H groups in total. The van der Waals surface area contributed by atoms with Crippen molar-refractivity contribution in [1.29, 1.82) is 0 Å². The zero-order valence-electron chi connectivity index (χ0n) is 12.4. The summed E-state index contributed by atoms with van der Waals surface area (Å²) < 4.78 is 0. The summed E-state index contributed by atoms with van der Waals surface area (Å²) in [6, 6.07) is 4.60. The fourth-order valence-electron chi connectivity index (χ4n) is 2.14. The number of rotatable bonds is 10. The van der Waals surface area contributed by atoms with E-state index in [2.05, 4.69) is 17.2 Å². The van der Waals surface area contributed by atoms with E-state index in [1.54, 1.807) is 12.1 Å². The molecule has 0 aliphatic heterocycles. The van der Waals surface area contributed by atoms with E-state index in [9.17, 15) is 9.59 Å². The van der Waals surface area contributed by atoms with Crippen LogP contribution in [-0.2, 0) is 0 Å². The van der Waals surface area contributed by atoms with Crippen molar-refractivity contribution in [3.63, 3.8) is 0 Å². The lowest BCUT2D eigenvalue weighted by Gasteiger charge is -2.05. The molecule has 0 unspecified atom stereocenters. The molecule has 1 rings (SSSR count). The summed E-state index contributed by atoms with van der Waals surface area (Å²) in [6.45, 7) is 2.90. The summed E-state index contributed by atoms with van der Waals surface area (Å²) >= 11 is 0. The van der Waals surface area contributed by atoms with E-state index in [1.807, 2.05) is 0 Å². The number of hydrogen-bond donors (Lipinski definition) is 2. The van der Waals surface area contributed by atoms with Crippen LogP contribution in [0.3, 0.4) is 0 Å². The quantitative estimate of drug-likeness (QED) is 0.645. The van der Waals surface area contributed by atoms with Crippen molar-refractivity contribution >= 4 is 5.91 Å². The number of carbonyl (C=O) groups is 1. The zero-order valence-corrected chi connectivity index (χ0v) is 12.4. The summed E-state index contributed by atoms with van der Waals surface area (Å²) in [5.41, 5.74) is 0.0850. The van der Waals surface area contributed by atoms with Crippen molar-refractivity contribution in [3.8, 4) is 0 Å². The third-order valence-corrected chi connectivity index (χ3v) is 3.33. The molecule has 0 saturated carbocycles. The third-order valence-electron chi connectivity index (χ3n) is 3.33. The molecular weight excluding hydrogens is 252 g/mol. The lowest BCUT2D eigenvalue weighted by Crippen LogP contribution is -2.27. The second-order valence-corrected chi connectivity index (χ2v) is 5.16. The van der Waals surface area contributed by atoms with Crippen LogP contribution in [0.4, 0.5) is 0 Å². The molecule has 0 aromatic carbocycles. The smallest absolute Gasteiger partial charge is 0.267 e. The molecule has 0 atom stereocenters. The fraction of sp³-hybridized carbons (Fsp3) is 0.625. The number of unbranched alkanes of at least 4 members (excludes halogenated alkanes) is 7. The van der Waals surface area contributed by atoms with Crippen molar-refractivity contribution < 1.29 is 4.79 Å². The SMILES string of the molecule is CCCCCCCCCCNC(=O)c1cccc(=O)[nH]1. The Morgan fingerprint density at radius 2 is 1.70 bits per heavy atom. The van der Waals surface area contributed by atoms with Gasteiger partial charge in [-0.05, 0) is 12.5 Å². The van der Waals surface area contributed by atoms with E-state index in [0.29, 0.717) is 12.2 Å². The number of pyridine rings is 1. The number of aromatic nitrogens is 1. The van der Waals surface area contributed by atoms with Crippen molar-refractivity contribution in [2.75, 3.05) is 6.54 Å². The average molecular weight is 278 g/mol. The molecular formula is C16H26N2O2. The first kappa shape index (κ1) is 16.5. The molecule has 4 nitrogen and oxygen atoms in total. The number of amides is 1. The number of aromatic amines is 1. The van der Waals surface area contributed by atoms with Crippen LogP contribution in [-0.4, -0.2) is 17.4 Å². The number of hydrogen-bond acceptors (Lipinski definition) is 2. The highest BCUT2D eigenvalue weighted by Crippen LogP contribution is 2.07. The molecule has 20 heavy (non-hydrogen) atoms. The second-order valence-electron chi connectivity index (χ2n) is 5.16. The van der Waals surface area contributed by atoms with E-state index in [4.69, 9.17) is 0 Å². The first-order valence-electron chi connectivity index (χ1n) is 7.71. The van der Waals surface area contributed by atoms with E-state index < -0.39 is 0 Å². The summed E-state index contributed by atoms with van der Waals surface area (Å²) in [5.74, 6) is -0.203. The number of nitrogens with one attached hydrogen (secondary N) is 2. The van der Waals surface area contributed by atoms with Gasteiger partial charge in [0.25, 0.3) is 5.91 Å². The van der Waals surface area contributed by atoms with Crippen LogP contribution in [0.2, 0.25) is 0 Å². The molecule has 0 bridgehead atoms. The highest BCUT2D eigenvalue weighted by Gasteiger charge is 2.04. The molecule has 0 radical (unpaired) electrons. The first-order valence-corrected chi connectivity index (χ1v) is 7.71. The summed E-state index contributed by atoms with van der Waals surface area (Å²) in [6.07, 6.45) is 9.97. The molecule has 0 aliphatic rings. The molecule has 112 valence electrons. The third kappa shape index (κ3) is 7.12. The number of carbonyl (C=O) groups excluding carboxylic acids is 1. The summed E-state index contributed by atoms with van der Waals surface area (Å²) in [4.78, 5) is 25.3. The van der Waals surface area contributed by atoms with Crippen LogP contribution in [0.5, 0.6) is 0 Å². The van der Waals surface area contributed by atoms with Gasteiger partial charge in [-0.3, -0.25) is 9.59 Å². The standard InChI is InChI=1S/C16H26N2O2/c1-2-3-4-5-6-7-8-9-13-17-16(20)14-11-10-12-15(19)18-14/h10-12H,2-9,13H2,1H3,(H,17,20)(H,18,19). The molecule has 4 heteroatoms. The maximum Gasteiger partial charge on any atom is 0.267 e. The monoisotopic (exact) mass is 278 g/mol. The van der Waals surface area contributed by atoms with Gasteiger partial charge in [0, 0.05) is 12.6 Å². The maximum absolute atomic E-state index is 11.7.